The van der Waals surface area contributed by atoms with Gasteiger partial charge in [-0.1, -0.05) is 20.8 Å². The third-order valence-electron chi connectivity index (χ3n) is 4.42. The molecule has 2 fully saturated rings. The van der Waals surface area contributed by atoms with Gasteiger partial charge in [0.15, 0.2) is 0 Å². The fourth-order valence-electron chi connectivity index (χ4n) is 2.94. The van der Waals surface area contributed by atoms with E-state index in [9.17, 15) is 0 Å². The molecule has 1 unspecified atom stereocenters. The molecule has 0 bridgehead atoms. The van der Waals surface area contributed by atoms with Crippen LogP contribution >= 0.6 is 11.5 Å². The molecule has 100 valence electrons. The van der Waals surface area contributed by atoms with E-state index in [1.807, 2.05) is 0 Å². The number of anilines is 2. The molecular formula is C14H23N3S. The number of rotatable bonds is 2. The van der Waals surface area contributed by atoms with Crippen LogP contribution in [0.4, 0.5) is 10.8 Å². The average Bonchev–Trinajstić information content (AvgIpc) is 2.86. The van der Waals surface area contributed by atoms with E-state index in [1.165, 1.54) is 42.9 Å². The molecule has 0 amide bonds. The number of nitrogens with zero attached hydrogens (tertiary/aromatic N) is 2. The molecule has 1 aromatic heterocycles. The Morgan fingerprint density at radius 2 is 2.00 bits per heavy atom. The van der Waals surface area contributed by atoms with Crippen LogP contribution in [-0.2, 0) is 0 Å². The first-order valence-corrected chi connectivity index (χ1v) is 7.74. The molecule has 1 aliphatic carbocycles. The smallest absolute Gasteiger partial charge is 0.142 e. The number of nitrogen functional groups attached to an aromatic ring is 1. The van der Waals surface area contributed by atoms with Crippen LogP contribution < -0.4 is 10.6 Å². The first kappa shape index (κ1) is 12.3. The second kappa shape index (κ2) is 4.12. The van der Waals surface area contributed by atoms with Crippen LogP contribution in [0.5, 0.6) is 0 Å². The van der Waals surface area contributed by atoms with Crippen molar-refractivity contribution in [2.24, 2.45) is 11.3 Å². The molecule has 0 aromatic carbocycles. The topological polar surface area (TPSA) is 42.2 Å². The standard InChI is InChI=1S/C14H23N3S/c1-14(2,3)10-6-7-17(8-10)13-11(9-4-5-9)12(15)16-18-13/h9-10H,4-8H2,1-3H3,(H2,15,16). The summed E-state index contributed by atoms with van der Waals surface area (Å²) in [6.45, 7) is 9.39. The van der Waals surface area contributed by atoms with Gasteiger partial charge in [-0.25, -0.2) is 0 Å². The van der Waals surface area contributed by atoms with E-state index in [4.69, 9.17) is 5.73 Å². The van der Waals surface area contributed by atoms with Crippen molar-refractivity contribution in [3.8, 4) is 0 Å². The summed E-state index contributed by atoms with van der Waals surface area (Å²) in [5.74, 6) is 2.28. The van der Waals surface area contributed by atoms with Crippen LogP contribution in [0.15, 0.2) is 0 Å². The molecule has 0 spiro atoms. The minimum Gasteiger partial charge on any atom is -0.383 e. The van der Waals surface area contributed by atoms with Crippen LogP contribution in [0.2, 0.25) is 0 Å². The Kier molecular flexibility index (Phi) is 2.81. The maximum atomic E-state index is 6.04. The predicted octanol–water partition coefficient (Wildman–Crippen LogP) is 3.48. The molecule has 1 saturated heterocycles. The lowest BCUT2D eigenvalue weighted by molar-refractivity contribution is 0.263. The fourth-order valence-corrected chi connectivity index (χ4v) is 3.87. The van der Waals surface area contributed by atoms with Gasteiger partial charge in [0.2, 0.25) is 0 Å². The Bertz CT molecular complexity index is 442. The molecule has 3 nitrogen and oxygen atoms in total. The molecule has 2 aliphatic rings. The van der Waals surface area contributed by atoms with Crippen LogP contribution in [0, 0.1) is 11.3 Å². The zero-order valence-corrected chi connectivity index (χ0v) is 12.4. The maximum absolute atomic E-state index is 6.04. The molecule has 2 N–H and O–H groups in total. The molecule has 1 saturated carbocycles. The van der Waals surface area contributed by atoms with Crippen LogP contribution in [0.1, 0.15) is 51.5 Å². The van der Waals surface area contributed by atoms with Crippen molar-refractivity contribution >= 4 is 22.4 Å². The highest BCUT2D eigenvalue weighted by atomic mass is 32.1. The minimum atomic E-state index is 0.407. The summed E-state index contributed by atoms with van der Waals surface area (Å²) >= 11 is 1.61. The second-order valence-electron chi connectivity index (χ2n) is 6.86. The van der Waals surface area contributed by atoms with E-state index >= 15 is 0 Å². The third-order valence-corrected chi connectivity index (χ3v) is 5.36. The summed E-state index contributed by atoms with van der Waals surface area (Å²) in [7, 11) is 0. The first-order valence-electron chi connectivity index (χ1n) is 6.97. The normalized spacial score (nSPS) is 24.8. The highest BCUT2D eigenvalue weighted by molar-refractivity contribution is 7.10. The lowest BCUT2D eigenvalue weighted by Gasteiger charge is -2.27. The summed E-state index contributed by atoms with van der Waals surface area (Å²) in [6.07, 6.45) is 3.89. The summed E-state index contributed by atoms with van der Waals surface area (Å²) in [5, 5.41) is 1.36. The average molecular weight is 265 g/mol. The molecule has 4 heteroatoms. The van der Waals surface area contributed by atoms with E-state index < -0.39 is 0 Å². The van der Waals surface area contributed by atoms with Gasteiger partial charge >= 0.3 is 0 Å². The fraction of sp³-hybridized carbons (Fsp3) is 0.786. The molecule has 2 heterocycles. The van der Waals surface area contributed by atoms with Gasteiger partial charge in [0.05, 0.1) is 0 Å². The molecule has 1 atom stereocenters. The van der Waals surface area contributed by atoms with E-state index in [-0.39, 0.29) is 0 Å². The van der Waals surface area contributed by atoms with Crippen molar-refractivity contribution in [1.82, 2.24) is 4.37 Å². The molecule has 1 aromatic rings. The van der Waals surface area contributed by atoms with Crippen LogP contribution in [-0.4, -0.2) is 17.5 Å². The number of hydrogen-bond acceptors (Lipinski definition) is 4. The Labute approximate surface area is 114 Å². The van der Waals surface area contributed by atoms with Gasteiger partial charge in [-0.3, -0.25) is 0 Å². The minimum absolute atomic E-state index is 0.407. The molecule has 18 heavy (non-hydrogen) atoms. The SMILES string of the molecule is CC(C)(C)C1CCN(c2snc(N)c2C2CC2)C1. The molecular weight excluding hydrogens is 242 g/mol. The zero-order chi connectivity index (χ0) is 12.9. The number of hydrogen-bond donors (Lipinski definition) is 1. The van der Waals surface area contributed by atoms with Gasteiger partial charge in [0, 0.05) is 18.7 Å². The van der Waals surface area contributed by atoms with Crippen LogP contribution in [0.3, 0.4) is 0 Å². The van der Waals surface area contributed by atoms with Crippen molar-refractivity contribution in [3.05, 3.63) is 5.56 Å². The third kappa shape index (κ3) is 2.11. The predicted molar refractivity (Wildman–Crippen MR) is 78.3 cm³/mol. The monoisotopic (exact) mass is 265 g/mol. The molecule has 0 radical (unpaired) electrons. The van der Waals surface area contributed by atoms with Gasteiger partial charge in [-0.2, -0.15) is 4.37 Å². The van der Waals surface area contributed by atoms with E-state index in [0.717, 1.165) is 11.7 Å². The van der Waals surface area contributed by atoms with Gasteiger partial charge < -0.3 is 10.6 Å². The van der Waals surface area contributed by atoms with Crippen molar-refractivity contribution in [3.63, 3.8) is 0 Å². The summed E-state index contributed by atoms with van der Waals surface area (Å²) in [4.78, 5) is 2.53. The lowest BCUT2D eigenvalue weighted by atomic mass is 9.80. The van der Waals surface area contributed by atoms with Crippen molar-refractivity contribution in [1.29, 1.82) is 0 Å². The van der Waals surface area contributed by atoms with Crippen LogP contribution in [0.25, 0.3) is 0 Å². The lowest BCUT2D eigenvalue weighted by Crippen LogP contribution is -2.25. The van der Waals surface area contributed by atoms with Gasteiger partial charge in [0.1, 0.15) is 10.8 Å². The highest BCUT2D eigenvalue weighted by Crippen LogP contribution is 2.50. The van der Waals surface area contributed by atoms with E-state index in [2.05, 4.69) is 30.0 Å². The Balaban J connectivity index is 1.80. The Morgan fingerprint density at radius 3 is 2.56 bits per heavy atom. The Morgan fingerprint density at radius 1 is 1.28 bits per heavy atom. The first-order chi connectivity index (χ1) is 8.47. The van der Waals surface area contributed by atoms with E-state index in [0.29, 0.717) is 11.3 Å². The van der Waals surface area contributed by atoms with Crippen molar-refractivity contribution < 1.29 is 0 Å². The highest BCUT2D eigenvalue weighted by Gasteiger charge is 2.37. The van der Waals surface area contributed by atoms with Crippen molar-refractivity contribution in [2.75, 3.05) is 23.7 Å². The maximum Gasteiger partial charge on any atom is 0.142 e. The zero-order valence-electron chi connectivity index (χ0n) is 11.6. The van der Waals surface area contributed by atoms with Gasteiger partial charge in [-0.05, 0) is 48.0 Å². The molecule has 1 aliphatic heterocycles. The van der Waals surface area contributed by atoms with E-state index in [1.54, 1.807) is 11.5 Å². The number of aromatic nitrogens is 1. The van der Waals surface area contributed by atoms with Gasteiger partial charge in [-0.15, -0.1) is 0 Å². The summed E-state index contributed by atoms with van der Waals surface area (Å²) in [6, 6.07) is 0. The molecule has 3 rings (SSSR count). The largest absolute Gasteiger partial charge is 0.383 e. The second-order valence-corrected chi connectivity index (χ2v) is 7.61. The summed E-state index contributed by atoms with van der Waals surface area (Å²) < 4.78 is 4.39. The Hall–Kier alpha value is -0.770. The summed E-state index contributed by atoms with van der Waals surface area (Å²) in [5.41, 5.74) is 7.81. The van der Waals surface area contributed by atoms with Crippen molar-refractivity contribution in [2.45, 2.75) is 46.0 Å². The number of nitrogens with two attached hydrogens (primary N) is 1. The van der Waals surface area contributed by atoms with Gasteiger partial charge in [0.25, 0.3) is 0 Å². The quantitative estimate of drug-likeness (QED) is 0.890.